The van der Waals surface area contributed by atoms with Crippen molar-refractivity contribution < 1.29 is 9.90 Å². The lowest BCUT2D eigenvalue weighted by atomic mass is 10.1. The summed E-state index contributed by atoms with van der Waals surface area (Å²) in [6, 6.07) is 0.861. The summed E-state index contributed by atoms with van der Waals surface area (Å²) in [7, 11) is 0. The second kappa shape index (κ2) is 6.36. The lowest BCUT2D eigenvalue weighted by Crippen LogP contribution is -2.31. The van der Waals surface area contributed by atoms with Crippen molar-refractivity contribution in [1.29, 1.82) is 0 Å². The second-order valence-corrected chi connectivity index (χ2v) is 5.37. The number of rotatable bonds is 7. The van der Waals surface area contributed by atoms with Gasteiger partial charge in [-0.3, -0.25) is 4.79 Å². The molecule has 2 N–H and O–H groups in total. The average Bonchev–Trinajstić information content (AvgIpc) is 3.07. The molecule has 0 aromatic heterocycles. The number of likely N-dealkylation sites (tertiary alicyclic amines) is 1. The highest BCUT2D eigenvalue weighted by Crippen LogP contribution is 2.31. The quantitative estimate of drug-likeness (QED) is 0.646. The van der Waals surface area contributed by atoms with Gasteiger partial charge < -0.3 is 15.3 Å². The molecule has 1 aliphatic carbocycles. The molecule has 2 fully saturated rings. The Morgan fingerprint density at radius 3 is 2.82 bits per heavy atom. The first-order valence-corrected chi connectivity index (χ1v) is 6.91. The molecule has 2 aliphatic rings. The molecule has 98 valence electrons. The van der Waals surface area contributed by atoms with Crippen LogP contribution in [0.4, 0.5) is 0 Å². The van der Waals surface area contributed by atoms with E-state index in [1.54, 1.807) is 0 Å². The third-order valence-electron chi connectivity index (χ3n) is 3.78. The van der Waals surface area contributed by atoms with Gasteiger partial charge in [-0.25, -0.2) is 0 Å². The van der Waals surface area contributed by atoms with Crippen molar-refractivity contribution in [2.75, 3.05) is 26.2 Å². The summed E-state index contributed by atoms with van der Waals surface area (Å²) < 4.78 is 0. The zero-order valence-corrected chi connectivity index (χ0v) is 10.5. The SMILES string of the molecule is O=C(CCCCO)NCC1CCN(C2CC2)C1. The van der Waals surface area contributed by atoms with Gasteiger partial charge in [0.15, 0.2) is 0 Å². The highest BCUT2D eigenvalue weighted by atomic mass is 16.2. The van der Waals surface area contributed by atoms with Gasteiger partial charge in [-0.05, 0) is 44.6 Å². The number of nitrogens with zero attached hydrogens (tertiary/aromatic N) is 1. The molecule has 1 atom stereocenters. The summed E-state index contributed by atoms with van der Waals surface area (Å²) in [5, 5.41) is 11.6. The Balaban J connectivity index is 1.54. The van der Waals surface area contributed by atoms with E-state index in [-0.39, 0.29) is 12.5 Å². The van der Waals surface area contributed by atoms with Gasteiger partial charge in [-0.1, -0.05) is 0 Å². The Morgan fingerprint density at radius 2 is 2.12 bits per heavy atom. The Bertz CT molecular complexity index is 254. The number of carbonyl (C=O) groups is 1. The van der Waals surface area contributed by atoms with E-state index in [1.165, 1.54) is 32.4 Å². The summed E-state index contributed by atoms with van der Waals surface area (Å²) in [4.78, 5) is 14.1. The number of hydrogen-bond acceptors (Lipinski definition) is 3. The van der Waals surface area contributed by atoms with Crippen LogP contribution in [0.25, 0.3) is 0 Å². The van der Waals surface area contributed by atoms with Gasteiger partial charge in [0.25, 0.3) is 0 Å². The number of unbranched alkanes of at least 4 members (excludes halogenated alkanes) is 1. The molecule has 0 aromatic carbocycles. The van der Waals surface area contributed by atoms with E-state index in [4.69, 9.17) is 5.11 Å². The topological polar surface area (TPSA) is 52.6 Å². The van der Waals surface area contributed by atoms with Crippen LogP contribution in [-0.4, -0.2) is 48.2 Å². The average molecular weight is 240 g/mol. The molecule has 4 nitrogen and oxygen atoms in total. The maximum absolute atomic E-state index is 11.5. The number of amides is 1. The van der Waals surface area contributed by atoms with E-state index in [0.717, 1.165) is 25.4 Å². The molecule has 1 heterocycles. The minimum Gasteiger partial charge on any atom is -0.396 e. The Morgan fingerprint density at radius 1 is 1.29 bits per heavy atom. The maximum Gasteiger partial charge on any atom is 0.220 e. The summed E-state index contributed by atoms with van der Waals surface area (Å²) in [6.07, 6.45) is 6.06. The summed E-state index contributed by atoms with van der Waals surface area (Å²) in [5.41, 5.74) is 0. The zero-order valence-electron chi connectivity index (χ0n) is 10.5. The second-order valence-electron chi connectivity index (χ2n) is 5.37. The standard InChI is InChI=1S/C13H24N2O2/c16-8-2-1-3-13(17)14-9-11-6-7-15(10-11)12-4-5-12/h11-12,16H,1-10H2,(H,14,17). The van der Waals surface area contributed by atoms with E-state index in [2.05, 4.69) is 10.2 Å². The van der Waals surface area contributed by atoms with Crippen LogP contribution in [0.1, 0.15) is 38.5 Å². The molecule has 0 spiro atoms. The van der Waals surface area contributed by atoms with Gasteiger partial charge in [0, 0.05) is 32.2 Å². The van der Waals surface area contributed by atoms with Crippen LogP contribution in [0.5, 0.6) is 0 Å². The molecule has 1 saturated carbocycles. The lowest BCUT2D eigenvalue weighted by molar-refractivity contribution is -0.121. The maximum atomic E-state index is 11.5. The fourth-order valence-electron chi connectivity index (χ4n) is 2.54. The Kier molecular flexibility index (Phi) is 4.80. The first-order chi connectivity index (χ1) is 8.29. The van der Waals surface area contributed by atoms with Crippen molar-refractivity contribution in [2.24, 2.45) is 5.92 Å². The lowest BCUT2D eigenvalue weighted by Gasteiger charge is -2.15. The largest absolute Gasteiger partial charge is 0.396 e. The molecule has 0 aromatic rings. The van der Waals surface area contributed by atoms with Crippen molar-refractivity contribution in [3.05, 3.63) is 0 Å². The van der Waals surface area contributed by atoms with Crippen molar-refractivity contribution in [2.45, 2.75) is 44.6 Å². The number of aliphatic hydroxyl groups is 1. The van der Waals surface area contributed by atoms with E-state index in [9.17, 15) is 4.79 Å². The highest BCUT2D eigenvalue weighted by Gasteiger charge is 2.34. The normalized spacial score (nSPS) is 25.1. The van der Waals surface area contributed by atoms with Gasteiger partial charge in [-0.15, -0.1) is 0 Å². The van der Waals surface area contributed by atoms with Crippen LogP contribution in [-0.2, 0) is 4.79 Å². The third-order valence-corrected chi connectivity index (χ3v) is 3.78. The van der Waals surface area contributed by atoms with Crippen LogP contribution in [0, 0.1) is 5.92 Å². The van der Waals surface area contributed by atoms with Crippen molar-refractivity contribution >= 4 is 5.91 Å². The van der Waals surface area contributed by atoms with Crippen LogP contribution < -0.4 is 5.32 Å². The molecule has 1 amide bonds. The summed E-state index contributed by atoms with van der Waals surface area (Å²) in [6.45, 7) is 3.41. The van der Waals surface area contributed by atoms with E-state index < -0.39 is 0 Å². The molecule has 0 radical (unpaired) electrons. The molecule has 0 bridgehead atoms. The fraction of sp³-hybridized carbons (Fsp3) is 0.923. The van der Waals surface area contributed by atoms with Gasteiger partial charge in [0.2, 0.25) is 5.91 Å². The molecule has 1 aliphatic heterocycles. The van der Waals surface area contributed by atoms with Crippen molar-refractivity contribution in [3.63, 3.8) is 0 Å². The van der Waals surface area contributed by atoms with E-state index in [0.29, 0.717) is 12.3 Å². The van der Waals surface area contributed by atoms with Gasteiger partial charge in [0.1, 0.15) is 0 Å². The van der Waals surface area contributed by atoms with Crippen LogP contribution in [0.15, 0.2) is 0 Å². The zero-order chi connectivity index (χ0) is 12.1. The smallest absolute Gasteiger partial charge is 0.220 e. The third kappa shape index (κ3) is 4.28. The van der Waals surface area contributed by atoms with Crippen LogP contribution in [0.3, 0.4) is 0 Å². The molecule has 2 rings (SSSR count). The Hall–Kier alpha value is -0.610. The highest BCUT2D eigenvalue weighted by molar-refractivity contribution is 5.75. The molecular formula is C13H24N2O2. The number of aliphatic hydroxyl groups excluding tert-OH is 1. The van der Waals surface area contributed by atoms with Crippen LogP contribution in [0.2, 0.25) is 0 Å². The van der Waals surface area contributed by atoms with E-state index in [1.807, 2.05) is 0 Å². The Labute approximate surface area is 103 Å². The first kappa shape index (κ1) is 12.8. The van der Waals surface area contributed by atoms with Crippen molar-refractivity contribution in [3.8, 4) is 0 Å². The van der Waals surface area contributed by atoms with Crippen molar-refractivity contribution in [1.82, 2.24) is 10.2 Å². The number of carbonyl (C=O) groups excluding carboxylic acids is 1. The molecule has 4 heteroatoms. The minimum absolute atomic E-state index is 0.142. The fourth-order valence-corrected chi connectivity index (χ4v) is 2.54. The van der Waals surface area contributed by atoms with E-state index >= 15 is 0 Å². The number of nitrogens with one attached hydrogen (secondary N) is 1. The van der Waals surface area contributed by atoms with Gasteiger partial charge in [0.05, 0.1) is 0 Å². The molecule has 17 heavy (non-hydrogen) atoms. The van der Waals surface area contributed by atoms with Crippen LogP contribution >= 0.6 is 0 Å². The first-order valence-electron chi connectivity index (χ1n) is 6.91. The molecular weight excluding hydrogens is 216 g/mol. The van der Waals surface area contributed by atoms with Gasteiger partial charge >= 0.3 is 0 Å². The molecule has 1 saturated heterocycles. The predicted octanol–water partition coefficient (Wildman–Crippen LogP) is 0.749. The monoisotopic (exact) mass is 240 g/mol. The summed E-state index contributed by atoms with van der Waals surface area (Å²) in [5.74, 6) is 0.792. The summed E-state index contributed by atoms with van der Waals surface area (Å²) >= 11 is 0. The molecule has 1 unspecified atom stereocenters. The predicted molar refractivity (Wildman–Crippen MR) is 66.6 cm³/mol. The minimum atomic E-state index is 0.142. The van der Waals surface area contributed by atoms with Gasteiger partial charge in [-0.2, -0.15) is 0 Å². The number of hydrogen-bond donors (Lipinski definition) is 2.